The molecule has 0 fully saturated rings. The zero-order chi connectivity index (χ0) is 10.1. The Kier molecular flexibility index (Phi) is 3.36. The number of hydrogen-bond acceptors (Lipinski definition) is 5. The van der Waals surface area contributed by atoms with Gasteiger partial charge < -0.3 is 11.5 Å². The van der Waals surface area contributed by atoms with Crippen molar-refractivity contribution < 1.29 is 4.79 Å². The van der Waals surface area contributed by atoms with Crippen molar-refractivity contribution in [2.45, 2.75) is 5.37 Å². The zero-order valence-electron chi connectivity index (χ0n) is 7.56. The minimum atomic E-state index is -0.280. The molecular weight excluding hydrogens is 236 g/mol. The van der Waals surface area contributed by atoms with E-state index in [4.69, 9.17) is 11.5 Å². The van der Waals surface area contributed by atoms with Crippen LogP contribution in [0.3, 0.4) is 0 Å². The Morgan fingerprint density at radius 2 is 2.21 bits per heavy atom. The Balaban J connectivity index is 2.24. The topological polar surface area (TPSA) is 69.1 Å². The molecule has 0 aromatic rings. The van der Waals surface area contributed by atoms with Crippen LogP contribution >= 0.6 is 35.3 Å². The van der Waals surface area contributed by atoms with Crippen LogP contribution in [-0.4, -0.2) is 28.5 Å². The lowest BCUT2D eigenvalue weighted by Crippen LogP contribution is -2.36. The predicted octanol–water partition coefficient (Wildman–Crippen LogP) is 0.811. The van der Waals surface area contributed by atoms with E-state index in [2.05, 4.69) is 0 Å². The minimum Gasteiger partial charge on any atom is -0.369 e. The molecule has 0 radical (unpaired) electrons. The fourth-order valence-electron chi connectivity index (χ4n) is 1.58. The third-order valence-corrected chi connectivity index (χ3v) is 6.10. The Hall–Kier alpha value is 0.220. The number of primary amides is 1. The highest BCUT2D eigenvalue weighted by molar-refractivity contribution is 8.23. The summed E-state index contributed by atoms with van der Waals surface area (Å²) in [4.78, 5) is 11.3. The van der Waals surface area contributed by atoms with Crippen molar-refractivity contribution in [1.82, 2.24) is 0 Å². The van der Waals surface area contributed by atoms with E-state index in [0.717, 1.165) is 17.3 Å². The maximum Gasteiger partial charge on any atom is 0.227 e. The van der Waals surface area contributed by atoms with Crippen LogP contribution in [0.15, 0.2) is 9.81 Å². The first-order chi connectivity index (χ1) is 6.70. The van der Waals surface area contributed by atoms with Gasteiger partial charge in [0.25, 0.3) is 0 Å². The number of nitrogens with two attached hydrogens (primary N) is 2. The molecule has 2 rings (SSSR count). The summed E-state index contributed by atoms with van der Waals surface area (Å²) >= 11 is 5.28. The van der Waals surface area contributed by atoms with Gasteiger partial charge in [0.15, 0.2) is 0 Å². The molecule has 2 atom stereocenters. The lowest BCUT2D eigenvalue weighted by Gasteiger charge is -2.14. The largest absolute Gasteiger partial charge is 0.369 e. The Morgan fingerprint density at radius 3 is 2.93 bits per heavy atom. The highest BCUT2D eigenvalue weighted by Gasteiger charge is 2.37. The first-order valence-corrected chi connectivity index (χ1v) is 7.37. The molecule has 0 spiro atoms. The fraction of sp³-hybridized carbons (Fsp3) is 0.625. The Labute approximate surface area is 95.8 Å². The molecule has 0 aromatic carbocycles. The van der Waals surface area contributed by atoms with Crippen LogP contribution in [0, 0.1) is 5.92 Å². The smallest absolute Gasteiger partial charge is 0.227 e. The van der Waals surface area contributed by atoms with Crippen LogP contribution in [0.4, 0.5) is 0 Å². The number of hydrogen-bond donors (Lipinski definition) is 2. The maximum absolute atomic E-state index is 11.3. The van der Waals surface area contributed by atoms with Crippen molar-refractivity contribution in [3.05, 3.63) is 9.81 Å². The van der Waals surface area contributed by atoms with E-state index in [1.165, 1.54) is 9.81 Å². The second kappa shape index (κ2) is 4.38. The van der Waals surface area contributed by atoms with Crippen LogP contribution < -0.4 is 11.5 Å². The van der Waals surface area contributed by atoms with Gasteiger partial charge in [-0.2, -0.15) is 11.8 Å². The van der Waals surface area contributed by atoms with Crippen molar-refractivity contribution in [2.75, 3.05) is 17.3 Å². The highest BCUT2D eigenvalue weighted by atomic mass is 32.2. The van der Waals surface area contributed by atoms with E-state index < -0.39 is 0 Å². The first-order valence-electron chi connectivity index (χ1n) is 4.35. The zero-order valence-corrected chi connectivity index (χ0v) is 10.0. The molecule has 0 aromatic heterocycles. The number of carbonyl (C=O) groups is 1. The van der Waals surface area contributed by atoms with E-state index in [9.17, 15) is 4.79 Å². The monoisotopic (exact) mass is 248 g/mol. The van der Waals surface area contributed by atoms with Gasteiger partial charge in [0.05, 0.1) is 11.3 Å². The maximum atomic E-state index is 11.3. The molecule has 2 aliphatic heterocycles. The van der Waals surface area contributed by atoms with Gasteiger partial charge in [-0.3, -0.25) is 4.79 Å². The van der Waals surface area contributed by atoms with E-state index in [1.54, 1.807) is 11.8 Å². The van der Waals surface area contributed by atoms with Crippen LogP contribution in [-0.2, 0) is 4.79 Å². The molecule has 0 aliphatic carbocycles. The summed E-state index contributed by atoms with van der Waals surface area (Å²) in [5, 5.41) is -0.163. The fourth-order valence-corrected chi connectivity index (χ4v) is 5.71. The van der Waals surface area contributed by atoms with Gasteiger partial charge in [-0.15, -0.1) is 11.8 Å². The second-order valence-corrected chi connectivity index (χ2v) is 6.83. The molecule has 6 heteroatoms. The van der Waals surface area contributed by atoms with Crippen molar-refractivity contribution in [3.63, 3.8) is 0 Å². The van der Waals surface area contributed by atoms with E-state index in [-0.39, 0.29) is 17.2 Å². The molecule has 0 saturated carbocycles. The molecule has 2 aliphatic rings. The average molecular weight is 248 g/mol. The minimum absolute atomic E-state index is 0.163. The third kappa shape index (κ3) is 1.93. The van der Waals surface area contributed by atoms with E-state index in [1.807, 2.05) is 23.5 Å². The lowest BCUT2D eigenvalue weighted by atomic mass is 10.0. The molecule has 0 bridgehead atoms. The Bertz CT molecular complexity index is 292. The van der Waals surface area contributed by atoms with Gasteiger partial charge in [0.2, 0.25) is 5.91 Å². The number of thioether (sulfide) groups is 3. The van der Waals surface area contributed by atoms with Gasteiger partial charge in [-0.1, -0.05) is 11.8 Å². The van der Waals surface area contributed by atoms with Gasteiger partial charge in [-0.25, -0.2) is 0 Å². The SMILES string of the molecule is NC(=O)C1C2=C(SCCSC2)SC1N. The number of rotatable bonds is 1. The number of carbonyl (C=O) groups excluding carboxylic acids is 1. The van der Waals surface area contributed by atoms with Crippen LogP contribution in [0.25, 0.3) is 0 Å². The summed E-state index contributed by atoms with van der Waals surface area (Å²) in [7, 11) is 0. The van der Waals surface area contributed by atoms with Crippen molar-refractivity contribution in [2.24, 2.45) is 17.4 Å². The second-order valence-electron chi connectivity index (χ2n) is 3.18. The summed E-state index contributed by atoms with van der Waals surface area (Å²) in [5.74, 6) is 2.63. The predicted molar refractivity (Wildman–Crippen MR) is 65.1 cm³/mol. The molecular formula is C8H12N2OS3. The van der Waals surface area contributed by atoms with Gasteiger partial charge in [0.1, 0.15) is 0 Å². The average Bonchev–Trinajstić information content (AvgIpc) is 2.31. The van der Waals surface area contributed by atoms with Gasteiger partial charge in [0, 0.05) is 21.5 Å². The van der Waals surface area contributed by atoms with Gasteiger partial charge >= 0.3 is 0 Å². The third-order valence-electron chi connectivity index (χ3n) is 2.23. The van der Waals surface area contributed by atoms with Crippen molar-refractivity contribution in [3.8, 4) is 0 Å². The standard InChI is InChI=1S/C8H12N2OS3/c9-6(11)5-4-3-12-1-2-13-8(4)14-7(5)10/h5,7H,1-3,10H2,(H2,9,11). The molecule has 4 N–H and O–H groups in total. The summed E-state index contributed by atoms with van der Waals surface area (Å²) in [5.41, 5.74) is 12.4. The number of amides is 1. The van der Waals surface area contributed by atoms with Crippen molar-refractivity contribution in [1.29, 1.82) is 0 Å². The molecule has 78 valence electrons. The van der Waals surface area contributed by atoms with E-state index in [0.29, 0.717) is 0 Å². The molecule has 14 heavy (non-hydrogen) atoms. The lowest BCUT2D eigenvalue weighted by molar-refractivity contribution is -0.120. The normalized spacial score (nSPS) is 32.6. The molecule has 1 amide bonds. The molecule has 2 unspecified atom stereocenters. The summed E-state index contributed by atoms with van der Waals surface area (Å²) in [6.45, 7) is 0. The summed E-state index contributed by atoms with van der Waals surface area (Å²) < 4.78 is 1.24. The summed E-state index contributed by atoms with van der Waals surface area (Å²) in [6, 6.07) is 0. The quantitative estimate of drug-likeness (QED) is 0.719. The van der Waals surface area contributed by atoms with Crippen LogP contribution in [0.2, 0.25) is 0 Å². The van der Waals surface area contributed by atoms with E-state index >= 15 is 0 Å². The van der Waals surface area contributed by atoms with Crippen LogP contribution in [0.5, 0.6) is 0 Å². The highest BCUT2D eigenvalue weighted by Crippen LogP contribution is 2.48. The molecule has 2 heterocycles. The first kappa shape index (κ1) is 10.7. The van der Waals surface area contributed by atoms with Crippen LogP contribution in [0.1, 0.15) is 0 Å². The molecule has 0 saturated heterocycles. The van der Waals surface area contributed by atoms with Crippen molar-refractivity contribution >= 4 is 41.2 Å². The Morgan fingerprint density at radius 1 is 1.43 bits per heavy atom. The molecule has 3 nitrogen and oxygen atoms in total. The van der Waals surface area contributed by atoms with Gasteiger partial charge in [-0.05, 0) is 5.57 Å². The summed E-state index contributed by atoms with van der Waals surface area (Å²) in [6.07, 6.45) is 0.